The van der Waals surface area contributed by atoms with Crippen molar-refractivity contribution in [3.63, 3.8) is 0 Å². The van der Waals surface area contributed by atoms with Gasteiger partial charge in [-0.05, 0) is 48.9 Å². The van der Waals surface area contributed by atoms with Crippen LogP contribution in [0.25, 0.3) is 22.4 Å². The van der Waals surface area contributed by atoms with E-state index in [9.17, 15) is 24.6 Å². The van der Waals surface area contributed by atoms with Crippen LogP contribution in [0.15, 0.2) is 42.7 Å². The quantitative estimate of drug-likeness (QED) is 0.195. The maximum absolute atomic E-state index is 13.2. The standard InChI is InChI=1S/C26H30N6O6Si/c1-16-22(18-5-6-20-19(29-18)13-21(25(34)35)32(20)26(36)37)30-23(31(16)15-38-11-12-39(2,3)4)24(33)28-14-17-7-9-27-10-8-17/h5-10,13H,11-12,14-15H2,1-4H3,(H,28,33)(H,34,35)(H,36,37). The van der Waals surface area contributed by atoms with Crippen LogP contribution in [-0.2, 0) is 18.0 Å². The summed E-state index contributed by atoms with van der Waals surface area (Å²) < 4.78 is 8.29. The molecule has 0 unspecified atom stereocenters. The average molecular weight is 551 g/mol. The van der Waals surface area contributed by atoms with Gasteiger partial charge in [0.05, 0.1) is 16.7 Å². The zero-order chi connectivity index (χ0) is 28.3. The molecule has 4 aromatic rings. The Kier molecular flexibility index (Phi) is 7.92. The number of nitrogens with one attached hydrogen (secondary N) is 1. The van der Waals surface area contributed by atoms with E-state index in [0.717, 1.165) is 11.6 Å². The second kappa shape index (κ2) is 11.2. The predicted molar refractivity (Wildman–Crippen MR) is 146 cm³/mol. The number of imidazole rings is 1. The smallest absolute Gasteiger partial charge is 0.416 e. The van der Waals surface area contributed by atoms with Gasteiger partial charge in [-0.1, -0.05) is 19.6 Å². The SMILES string of the molecule is Cc1c(-c2ccc3c(cc(C(=O)O)n3C(=O)O)n2)nc(C(=O)NCc2ccncc2)n1COCC[Si](C)(C)C. The molecule has 12 nitrogen and oxygen atoms in total. The number of fused-ring (bicyclic) bond motifs is 1. The molecule has 0 aliphatic carbocycles. The lowest BCUT2D eigenvalue weighted by molar-refractivity contribution is 0.0684. The van der Waals surface area contributed by atoms with Crippen molar-refractivity contribution in [2.45, 2.75) is 45.9 Å². The normalized spacial score (nSPS) is 11.6. The lowest BCUT2D eigenvalue weighted by atomic mass is 10.2. The molecule has 4 aromatic heterocycles. The minimum atomic E-state index is -1.43. The summed E-state index contributed by atoms with van der Waals surface area (Å²) in [6.45, 7) is 9.50. The highest BCUT2D eigenvalue weighted by Crippen LogP contribution is 2.27. The highest BCUT2D eigenvalue weighted by atomic mass is 28.3. The number of carbonyl (C=O) groups excluding carboxylic acids is 1. The third-order valence-electron chi connectivity index (χ3n) is 6.15. The minimum Gasteiger partial charge on any atom is -0.477 e. The van der Waals surface area contributed by atoms with Crippen molar-refractivity contribution < 1.29 is 29.3 Å². The van der Waals surface area contributed by atoms with Gasteiger partial charge < -0.3 is 20.3 Å². The molecule has 4 heterocycles. The monoisotopic (exact) mass is 550 g/mol. The number of carboxylic acids is 1. The fraction of sp³-hybridized carbons (Fsp3) is 0.308. The molecule has 0 aliphatic rings. The number of hydrogen-bond donors (Lipinski definition) is 3. The summed E-state index contributed by atoms with van der Waals surface area (Å²) in [6, 6.07) is 8.79. The van der Waals surface area contributed by atoms with Crippen LogP contribution in [0.1, 0.15) is 32.4 Å². The van der Waals surface area contributed by atoms with Gasteiger partial charge in [-0.2, -0.15) is 0 Å². The van der Waals surface area contributed by atoms with Crippen LogP contribution in [0, 0.1) is 6.92 Å². The van der Waals surface area contributed by atoms with E-state index in [2.05, 4.69) is 39.9 Å². The lowest BCUT2D eigenvalue weighted by Crippen LogP contribution is -2.27. The molecular formula is C26H30N6O6Si. The third-order valence-corrected chi connectivity index (χ3v) is 7.86. The topological polar surface area (TPSA) is 161 Å². The van der Waals surface area contributed by atoms with E-state index in [1.54, 1.807) is 42.1 Å². The van der Waals surface area contributed by atoms with Gasteiger partial charge in [-0.25, -0.2) is 24.1 Å². The van der Waals surface area contributed by atoms with Crippen molar-refractivity contribution in [1.82, 2.24) is 29.4 Å². The summed E-state index contributed by atoms with van der Waals surface area (Å²) in [6.07, 6.45) is 1.86. The van der Waals surface area contributed by atoms with Crippen molar-refractivity contribution in [3.05, 3.63) is 65.5 Å². The van der Waals surface area contributed by atoms with Crippen LogP contribution in [0.3, 0.4) is 0 Å². The Morgan fingerprint density at radius 2 is 1.77 bits per heavy atom. The summed E-state index contributed by atoms with van der Waals surface area (Å²) in [4.78, 5) is 49.6. The molecule has 204 valence electrons. The lowest BCUT2D eigenvalue weighted by Gasteiger charge is -2.16. The largest absolute Gasteiger partial charge is 0.477 e. The number of pyridine rings is 2. The molecule has 4 rings (SSSR count). The van der Waals surface area contributed by atoms with Crippen LogP contribution in [-0.4, -0.2) is 66.9 Å². The van der Waals surface area contributed by atoms with E-state index in [1.165, 1.54) is 12.1 Å². The zero-order valence-corrected chi connectivity index (χ0v) is 23.1. The predicted octanol–water partition coefficient (Wildman–Crippen LogP) is 4.07. The van der Waals surface area contributed by atoms with Crippen molar-refractivity contribution >= 4 is 37.1 Å². The van der Waals surface area contributed by atoms with Gasteiger partial charge in [0, 0.05) is 39.3 Å². The van der Waals surface area contributed by atoms with E-state index in [1.807, 2.05) is 0 Å². The van der Waals surface area contributed by atoms with Gasteiger partial charge in [-0.15, -0.1) is 0 Å². The van der Waals surface area contributed by atoms with Crippen molar-refractivity contribution in [3.8, 4) is 11.4 Å². The first kappa shape index (κ1) is 27.7. The molecule has 0 aliphatic heterocycles. The van der Waals surface area contributed by atoms with Crippen molar-refractivity contribution in [2.75, 3.05) is 6.61 Å². The van der Waals surface area contributed by atoms with Crippen LogP contribution < -0.4 is 5.32 Å². The second-order valence-electron chi connectivity index (χ2n) is 10.2. The number of aromatic carboxylic acids is 1. The van der Waals surface area contributed by atoms with Crippen LogP contribution in [0.5, 0.6) is 0 Å². The van der Waals surface area contributed by atoms with E-state index in [-0.39, 0.29) is 30.1 Å². The van der Waals surface area contributed by atoms with Crippen molar-refractivity contribution in [1.29, 1.82) is 0 Å². The average Bonchev–Trinajstić information content (AvgIpc) is 3.43. The van der Waals surface area contributed by atoms with Gasteiger partial charge in [0.15, 0.2) is 0 Å². The maximum atomic E-state index is 13.2. The first-order valence-corrected chi connectivity index (χ1v) is 16.0. The molecule has 0 spiro atoms. The Balaban J connectivity index is 1.70. The number of amides is 1. The molecule has 3 N–H and O–H groups in total. The van der Waals surface area contributed by atoms with E-state index in [0.29, 0.717) is 28.3 Å². The highest BCUT2D eigenvalue weighted by Gasteiger charge is 2.24. The minimum absolute atomic E-state index is 0.113. The molecule has 1 amide bonds. The molecule has 0 atom stereocenters. The van der Waals surface area contributed by atoms with Gasteiger partial charge in [0.1, 0.15) is 18.1 Å². The Bertz CT molecular complexity index is 1540. The Hall–Kier alpha value is -4.36. The third kappa shape index (κ3) is 6.21. The second-order valence-corrected chi connectivity index (χ2v) is 15.9. The Labute approximate surface area is 225 Å². The zero-order valence-electron chi connectivity index (χ0n) is 22.1. The molecule has 0 radical (unpaired) electrons. The number of carbonyl (C=O) groups is 3. The highest BCUT2D eigenvalue weighted by molar-refractivity contribution is 6.76. The maximum Gasteiger partial charge on any atom is 0.416 e. The Morgan fingerprint density at radius 3 is 2.41 bits per heavy atom. The summed E-state index contributed by atoms with van der Waals surface area (Å²) >= 11 is 0. The van der Waals surface area contributed by atoms with Gasteiger partial charge >= 0.3 is 12.1 Å². The van der Waals surface area contributed by atoms with Gasteiger partial charge in [-0.3, -0.25) is 14.3 Å². The van der Waals surface area contributed by atoms with Crippen LogP contribution in [0.2, 0.25) is 25.7 Å². The summed E-state index contributed by atoms with van der Waals surface area (Å²) in [5.41, 5.74) is 2.16. The fourth-order valence-corrected chi connectivity index (χ4v) is 4.74. The fourth-order valence-electron chi connectivity index (χ4n) is 3.99. The first-order valence-electron chi connectivity index (χ1n) is 12.3. The number of aromatic nitrogens is 5. The summed E-state index contributed by atoms with van der Waals surface area (Å²) in [7, 11) is -1.32. The van der Waals surface area contributed by atoms with E-state index in [4.69, 9.17) is 4.74 Å². The Morgan fingerprint density at radius 1 is 1.05 bits per heavy atom. The molecular weight excluding hydrogens is 520 g/mol. The molecule has 0 saturated heterocycles. The number of ether oxygens (including phenoxy) is 1. The molecule has 0 saturated carbocycles. The first-order chi connectivity index (χ1) is 18.5. The molecule has 13 heteroatoms. The number of nitrogens with zero attached hydrogens (tertiary/aromatic N) is 5. The van der Waals surface area contributed by atoms with E-state index < -0.39 is 31.7 Å². The summed E-state index contributed by atoms with van der Waals surface area (Å²) in [5.74, 6) is -1.65. The van der Waals surface area contributed by atoms with Gasteiger partial charge in [0.2, 0.25) is 5.82 Å². The van der Waals surface area contributed by atoms with E-state index >= 15 is 0 Å². The molecule has 0 aromatic carbocycles. The summed E-state index contributed by atoms with van der Waals surface area (Å²) in [5, 5.41) is 21.8. The number of carboxylic acid groups (broad SMARTS) is 2. The molecule has 39 heavy (non-hydrogen) atoms. The van der Waals surface area contributed by atoms with Crippen LogP contribution >= 0.6 is 0 Å². The molecule has 0 fully saturated rings. The van der Waals surface area contributed by atoms with Crippen molar-refractivity contribution in [2.24, 2.45) is 0 Å². The van der Waals surface area contributed by atoms with Gasteiger partial charge in [0.25, 0.3) is 5.91 Å². The molecule has 0 bridgehead atoms. The number of hydrogen-bond acceptors (Lipinski definition) is 7. The number of rotatable bonds is 10. The van der Waals surface area contributed by atoms with Crippen LogP contribution in [0.4, 0.5) is 4.79 Å².